The van der Waals surface area contributed by atoms with Crippen LogP contribution in [0.3, 0.4) is 0 Å². The van der Waals surface area contributed by atoms with Gasteiger partial charge in [-0.3, -0.25) is 0 Å². The zero-order chi connectivity index (χ0) is 12.3. The van der Waals surface area contributed by atoms with E-state index in [9.17, 15) is 0 Å². The van der Waals surface area contributed by atoms with Gasteiger partial charge in [0.1, 0.15) is 5.82 Å². The van der Waals surface area contributed by atoms with Gasteiger partial charge in [0.05, 0.1) is 0 Å². The van der Waals surface area contributed by atoms with Crippen molar-refractivity contribution < 1.29 is 0 Å². The monoisotopic (exact) mass is 251 g/mol. The van der Waals surface area contributed by atoms with Gasteiger partial charge in [0, 0.05) is 31.1 Å². The van der Waals surface area contributed by atoms with Gasteiger partial charge >= 0.3 is 0 Å². The predicted molar refractivity (Wildman–Crippen MR) is 75.9 cm³/mol. The Labute approximate surface area is 108 Å². The van der Waals surface area contributed by atoms with E-state index in [2.05, 4.69) is 36.3 Å². The SMILES string of the molecule is CNCc1ccc(N(C)C2CCSC2)nc1C. The van der Waals surface area contributed by atoms with Crippen molar-refractivity contribution in [3.63, 3.8) is 0 Å². The number of aromatic nitrogens is 1. The molecule has 1 N–H and O–H groups in total. The van der Waals surface area contributed by atoms with Gasteiger partial charge in [0.15, 0.2) is 0 Å². The Morgan fingerprint density at radius 1 is 1.53 bits per heavy atom. The van der Waals surface area contributed by atoms with Crippen molar-refractivity contribution in [1.82, 2.24) is 10.3 Å². The molecule has 0 radical (unpaired) electrons. The summed E-state index contributed by atoms with van der Waals surface area (Å²) in [5.41, 5.74) is 2.42. The topological polar surface area (TPSA) is 28.2 Å². The molecule has 0 aliphatic carbocycles. The molecule has 4 heteroatoms. The Kier molecular flexibility index (Phi) is 4.29. The van der Waals surface area contributed by atoms with Crippen LogP contribution in [0, 0.1) is 6.92 Å². The fourth-order valence-corrected chi connectivity index (χ4v) is 3.43. The summed E-state index contributed by atoms with van der Waals surface area (Å²) in [5.74, 6) is 3.62. The quantitative estimate of drug-likeness (QED) is 0.886. The average Bonchev–Trinajstić information content (AvgIpc) is 2.84. The summed E-state index contributed by atoms with van der Waals surface area (Å²) in [6, 6.07) is 4.98. The molecule has 0 saturated carbocycles. The van der Waals surface area contributed by atoms with Crippen molar-refractivity contribution in [2.45, 2.75) is 25.9 Å². The second-order valence-electron chi connectivity index (χ2n) is 4.57. The second-order valence-corrected chi connectivity index (χ2v) is 5.72. The number of hydrogen-bond donors (Lipinski definition) is 1. The molecule has 1 aliphatic rings. The maximum Gasteiger partial charge on any atom is 0.128 e. The van der Waals surface area contributed by atoms with E-state index in [1.807, 2.05) is 18.8 Å². The van der Waals surface area contributed by atoms with Gasteiger partial charge in [-0.1, -0.05) is 6.07 Å². The molecule has 0 spiro atoms. The molecular formula is C13H21N3S. The summed E-state index contributed by atoms with van der Waals surface area (Å²) in [5, 5.41) is 3.17. The van der Waals surface area contributed by atoms with Gasteiger partial charge in [-0.15, -0.1) is 0 Å². The lowest BCUT2D eigenvalue weighted by Crippen LogP contribution is -2.32. The van der Waals surface area contributed by atoms with E-state index in [4.69, 9.17) is 4.98 Å². The molecule has 0 aromatic carbocycles. The number of hydrogen-bond acceptors (Lipinski definition) is 4. The van der Waals surface area contributed by atoms with Crippen molar-refractivity contribution in [3.05, 3.63) is 23.4 Å². The van der Waals surface area contributed by atoms with Gasteiger partial charge in [-0.05, 0) is 37.8 Å². The van der Waals surface area contributed by atoms with Gasteiger partial charge in [0.25, 0.3) is 0 Å². The van der Waals surface area contributed by atoms with Crippen LogP contribution in [0.5, 0.6) is 0 Å². The normalized spacial score (nSPS) is 19.6. The minimum atomic E-state index is 0.655. The smallest absolute Gasteiger partial charge is 0.128 e. The summed E-state index contributed by atoms with van der Waals surface area (Å²) >= 11 is 2.04. The van der Waals surface area contributed by atoms with Crippen molar-refractivity contribution in [2.24, 2.45) is 0 Å². The first kappa shape index (κ1) is 12.7. The third kappa shape index (κ3) is 2.93. The molecule has 1 fully saturated rings. The highest BCUT2D eigenvalue weighted by Crippen LogP contribution is 2.25. The highest BCUT2D eigenvalue weighted by Gasteiger charge is 2.21. The maximum absolute atomic E-state index is 4.71. The van der Waals surface area contributed by atoms with Crippen molar-refractivity contribution in [1.29, 1.82) is 0 Å². The summed E-state index contributed by atoms with van der Waals surface area (Å²) in [4.78, 5) is 7.04. The number of anilines is 1. The lowest BCUT2D eigenvalue weighted by molar-refractivity contribution is 0.689. The van der Waals surface area contributed by atoms with Crippen LogP contribution in [0.2, 0.25) is 0 Å². The Hall–Kier alpha value is -0.740. The lowest BCUT2D eigenvalue weighted by atomic mass is 10.2. The van der Waals surface area contributed by atoms with Crippen molar-refractivity contribution in [3.8, 4) is 0 Å². The summed E-state index contributed by atoms with van der Waals surface area (Å²) in [6.45, 7) is 2.98. The maximum atomic E-state index is 4.71. The first-order valence-corrected chi connectivity index (χ1v) is 7.29. The Balaban J connectivity index is 2.12. The van der Waals surface area contributed by atoms with E-state index in [1.165, 1.54) is 23.5 Å². The van der Waals surface area contributed by atoms with Crippen LogP contribution in [-0.4, -0.2) is 36.6 Å². The Morgan fingerprint density at radius 3 is 2.94 bits per heavy atom. The molecule has 2 heterocycles. The molecule has 1 saturated heterocycles. The van der Waals surface area contributed by atoms with Crippen molar-refractivity contribution >= 4 is 17.6 Å². The van der Waals surface area contributed by atoms with Crippen LogP contribution >= 0.6 is 11.8 Å². The van der Waals surface area contributed by atoms with Crippen LogP contribution in [0.15, 0.2) is 12.1 Å². The van der Waals surface area contributed by atoms with Crippen LogP contribution in [-0.2, 0) is 6.54 Å². The summed E-state index contributed by atoms with van der Waals surface area (Å²) < 4.78 is 0. The zero-order valence-corrected chi connectivity index (χ0v) is 11.7. The second kappa shape index (κ2) is 5.74. The molecule has 1 aliphatic heterocycles. The van der Waals surface area contributed by atoms with Gasteiger partial charge in [-0.2, -0.15) is 11.8 Å². The fourth-order valence-electron chi connectivity index (χ4n) is 2.16. The molecule has 1 aromatic rings. The summed E-state index contributed by atoms with van der Waals surface area (Å²) in [6.07, 6.45) is 1.28. The highest BCUT2D eigenvalue weighted by molar-refractivity contribution is 7.99. The molecular weight excluding hydrogens is 230 g/mol. The van der Waals surface area contributed by atoms with E-state index >= 15 is 0 Å². The zero-order valence-electron chi connectivity index (χ0n) is 10.9. The average molecular weight is 251 g/mol. The largest absolute Gasteiger partial charge is 0.356 e. The molecule has 3 nitrogen and oxygen atoms in total. The molecule has 2 rings (SSSR count). The highest BCUT2D eigenvalue weighted by atomic mass is 32.2. The lowest BCUT2D eigenvalue weighted by Gasteiger charge is -2.25. The first-order chi connectivity index (χ1) is 8.22. The van der Waals surface area contributed by atoms with E-state index in [0.29, 0.717) is 6.04 Å². The van der Waals surface area contributed by atoms with Gasteiger partial charge in [-0.25, -0.2) is 4.98 Å². The van der Waals surface area contributed by atoms with Crippen LogP contribution in [0.25, 0.3) is 0 Å². The Morgan fingerprint density at radius 2 is 2.35 bits per heavy atom. The van der Waals surface area contributed by atoms with Gasteiger partial charge < -0.3 is 10.2 Å². The molecule has 0 bridgehead atoms. The van der Waals surface area contributed by atoms with E-state index in [1.54, 1.807) is 0 Å². The third-order valence-electron chi connectivity index (χ3n) is 3.36. The van der Waals surface area contributed by atoms with Crippen LogP contribution < -0.4 is 10.2 Å². The number of aryl methyl sites for hydroxylation is 1. The standard InChI is InChI=1S/C13H21N3S/c1-10-11(8-14-2)4-5-13(15-10)16(3)12-6-7-17-9-12/h4-5,12,14H,6-9H2,1-3H3. The number of rotatable bonds is 4. The Bertz CT molecular complexity index is 375. The van der Waals surface area contributed by atoms with Crippen molar-refractivity contribution in [2.75, 3.05) is 30.5 Å². The van der Waals surface area contributed by atoms with E-state index in [0.717, 1.165) is 18.1 Å². The first-order valence-electron chi connectivity index (χ1n) is 6.14. The van der Waals surface area contributed by atoms with Crippen LogP contribution in [0.1, 0.15) is 17.7 Å². The van der Waals surface area contributed by atoms with E-state index in [-0.39, 0.29) is 0 Å². The fraction of sp³-hybridized carbons (Fsp3) is 0.615. The number of thioether (sulfide) groups is 1. The van der Waals surface area contributed by atoms with E-state index < -0.39 is 0 Å². The molecule has 1 aromatic heterocycles. The minimum absolute atomic E-state index is 0.655. The molecule has 17 heavy (non-hydrogen) atoms. The summed E-state index contributed by atoms with van der Waals surface area (Å²) in [7, 11) is 4.13. The number of nitrogens with zero attached hydrogens (tertiary/aromatic N) is 2. The molecule has 1 atom stereocenters. The molecule has 1 unspecified atom stereocenters. The number of pyridine rings is 1. The third-order valence-corrected chi connectivity index (χ3v) is 4.51. The predicted octanol–water partition coefficient (Wildman–Crippen LogP) is 2.05. The molecule has 94 valence electrons. The number of nitrogens with one attached hydrogen (secondary N) is 1. The van der Waals surface area contributed by atoms with Gasteiger partial charge in [0.2, 0.25) is 0 Å². The van der Waals surface area contributed by atoms with Crippen LogP contribution in [0.4, 0.5) is 5.82 Å². The minimum Gasteiger partial charge on any atom is -0.356 e. The molecule has 0 amide bonds.